The van der Waals surface area contributed by atoms with E-state index in [0.717, 1.165) is 17.8 Å². The van der Waals surface area contributed by atoms with Crippen LogP contribution in [-0.4, -0.2) is 9.97 Å². The van der Waals surface area contributed by atoms with Crippen LogP contribution >= 0.6 is 0 Å². The summed E-state index contributed by atoms with van der Waals surface area (Å²) in [5.41, 5.74) is 3.81. The van der Waals surface area contributed by atoms with Gasteiger partial charge < -0.3 is 4.98 Å². The van der Waals surface area contributed by atoms with Gasteiger partial charge in [0.2, 0.25) is 0 Å². The van der Waals surface area contributed by atoms with Crippen molar-refractivity contribution in [2.75, 3.05) is 0 Å². The molecule has 1 aromatic heterocycles. The fourth-order valence-corrected chi connectivity index (χ4v) is 1.99. The fraction of sp³-hybridized carbons (Fsp3) is 0.533. The predicted molar refractivity (Wildman–Crippen MR) is 73.4 cm³/mol. The van der Waals surface area contributed by atoms with Crippen molar-refractivity contribution in [3.8, 4) is 0 Å². The molecule has 1 heterocycles. The zero-order valence-electron chi connectivity index (χ0n) is 11.3. The van der Waals surface area contributed by atoms with Crippen molar-refractivity contribution in [3.63, 3.8) is 0 Å². The number of aryl methyl sites for hydroxylation is 1. The number of hydrogen-bond donors (Lipinski definition) is 1. The first-order valence-electron chi connectivity index (χ1n) is 6.50. The first-order valence-corrected chi connectivity index (χ1v) is 6.50. The van der Waals surface area contributed by atoms with E-state index in [0.29, 0.717) is 0 Å². The number of imidazole rings is 1. The number of H-pyrrole nitrogens is 1. The van der Waals surface area contributed by atoms with Crippen molar-refractivity contribution in [3.05, 3.63) is 29.6 Å². The first-order chi connectivity index (χ1) is 8.00. The smallest absolute Gasteiger partial charge is 0.107 e. The van der Waals surface area contributed by atoms with Gasteiger partial charge in [0, 0.05) is 6.42 Å². The Morgan fingerprint density at radius 1 is 1.24 bits per heavy atom. The molecule has 17 heavy (non-hydrogen) atoms. The monoisotopic (exact) mass is 230 g/mol. The third-order valence-electron chi connectivity index (χ3n) is 3.16. The van der Waals surface area contributed by atoms with Crippen LogP contribution in [0.2, 0.25) is 0 Å². The Morgan fingerprint density at radius 3 is 2.65 bits per heavy atom. The number of hydrogen-bond acceptors (Lipinski definition) is 1. The molecule has 2 aromatic rings. The Balaban J connectivity index is 2.34. The molecule has 1 N–H and O–H groups in total. The second-order valence-electron chi connectivity index (χ2n) is 5.77. The highest BCUT2D eigenvalue weighted by Crippen LogP contribution is 2.25. The zero-order chi connectivity index (χ0) is 12.5. The normalized spacial score (nSPS) is 12.2. The van der Waals surface area contributed by atoms with Crippen LogP contribution in [0.1, 0.15) is 51.9 Å². The van der Waals surface area contributed by atoms with Gasteiger partial charge in [0.05, 0.1) is 11.0 Å². The molecule has 0 saturated carbocycles. The van der Waals surface area contributed by atoms with Gasteiger partial charge in [-0.05, 0) is 29.5 Å². The summed E-state index contributed by atoms with van der Waals surface area (Å²) < 4.78 is 0. The molecule has 0 atom stereocenters. The van der Waals surface area contributed by atoms with Crippen molar-refractivity contribution in [2.24, 2.45) is 0 Å². The van der Waals surface area contributed by atoms with E-state index in [2.05, 4.69) is 55.9 Å². The number of rotatable bonds is 3. The van der Waals surface area contributed by atoms with Crippen molar-refractivity contribution < 1.29 is 0 Å². The van der Waals surface area contributed by atoms with E-state index in [4.69, 9.17) is 0 Å². The molecule has 2 rings (SSSR count). The third kappa shape index (κ3) is 2.68. The van der Waals surface area contributed by atoms with Gasteiger partial charge in [0.25, 0.3) is 0 Å². The Hall–Kier alpha value is -1.31. The molecule has 0 amide bonds. The Bertz CT molecular complexity index is 503. The van der Waals surface area contributed by atoms with Gasteiger partial charge in [-0.15, -0.1) is 0 Å². The van der Waals surface area contributed by atoms with Gasteiger partial charge in [-0.25, -0.2) is 4.98 Å². The Labute approximate surface area is 103 Å². The van der Waals surface area contributed by atoms with Crippen molar-refractivity contribution in [2.45, 2.75) is 52.4 Å². The standard InChI is InChI=1S/C15H22N2/c1-5-6-7-14-16-12-9-8-11(15(2,3)4)10-13(12)17-14/h8-10H,5-7H2,1-4H3,(H,16,17). The Morgan fingerprint density at radius 2 is 2.00 bits per heavy atom. The maximum Gasteiger partial charge on any atom is 0.107 e. The molecule has 2 heteroatoms. The maximum absolute atomic E-state index is 4.62. The highest BCUT2D eigenvalue weighted by Gasteiger charge is 2.14. The topological polar surface area (TPSA) is 28.7 Å². The number of benzene rings is 1. The van der Waals surface area contributed by atoms with Crippen LogP contribution in [0.4, 0.5) is 0 Å². The van der Waals surface area contributed by atoms with Crippen LogP contribution in [0.25, 0.3) is 11.0 Å². The minimum Gasteiger partial charge on any atom is -0.342 e. The van der Waals surface area contributed by atoms with E-state index < -0.39 is 0 Å². The number of aromatic nitrogens is 2. The van der Waals surface area contributed by atoms with Crippen molar-refractivity contribution in [1.82, 2.24) is 9.97 Å². The number of fused-ring (bicyclic) bond motifs is 1. The molecule has 0 bridgehead atoms. The number of aromatic amines is 1. The van der Waals surface area contributed by atoms with Gasteiger partial charge in [0.1, 0.15) is 5.82 Å². The van der Waals surface area contributed by atoms with Crippen LogP contribution < -0.4 is 0 Å². The lowest BCUT2D eigenvalue weighted by Gasteiger charge is -2.18. The summed E-state index contributed by atoms with van der Waals surface area (Å²) in [5, 5.41) is 0. The van der Waals surface area contributed by atoms with Gasteiger partial charge in [-0.2, -0.15) is 0 Å². The van der Waals surface area contributed by atoms with E-state index in [1.54, 1.807) is 0 Å². The van der Waals surface area contributed by atoms with Crippen molar-refractivity contribution in [1.29, 1.82) is 0 Å². The molecule has 0 unspecified atom stereocenters. The molecule has 0 aliphatic heterocycles. The minimum atomic E-state index is 0.197. The predicted octanol–water partition coefficient (Wildman–Crippen LogP) is 4.20. The first kappa shape index (κ1) is 12.2. The second-order valence-corrected chi connectivity index (χ2v) is 5.77. The lowest BCUT2D eigenvalue weighted by atomic mass is 9.87. The van der Waals surface area contributed by atoms with Crippen LogP contribution in [0, 0.1) is 0 Å². The average Bonchev–Trinajstić information content (AvgIpc) is 2.66. The quantitative estimate of drug-likeness (QED) is 0.841. The van der Waals surface area contributed by atoms with Gasteiger partial charge in [0.15, 0.2) is 0 Å². The second kappa shape index (κ2) is 4.52. The molecular formula is C15H22N2. The molecule has 0 spiro atoms. The third-order valence-corrected chi connectivity index (χ3v) is 3.16. The van der Waals surface area contributed by atoms with Crippen molar-refractivity contribution >= 4 is 11.0 Å². The SMILES string of the molecule is CCCCc1nc2ccc(C(C)(C)C)cc2[nH]1. The largest absolute Gasteiger partial charge is 0.342 e. The fourth-order valence-electron chi connectivity index (χ4n) is 1.99. The molecule has 1 aromatic carbocycles. The number of nitrogens with one attached hydrogen (secondary N) is 1. The summed E-state index contributed by atoms with van der Waals surface area (Å²) in [6.07, 6.45) is 3.46. The van der Waals surface area contributed by atoms with E-state index >= 15 is 0 Å². The summed E-state index contributed by atoms with van der Waals surface area (Å²) in [7, 11) is 0. The van der Waals surface area contributed by atoms with E-state index in [-0.39, 0.29) is 5.41 Å². The van der Waals surface area contributed by atoms with E-state index in [9.17, 15) is 0 Å². The highest BCUT2D eigenvalue weighted by atomic mass is 14.9. The summed E-state index contributed by atoms with van der Waals surface area (Å²) in [4.78, 5) is 8.05. The summed E-state index contributed by atoms with van der Waals surface area (Å²) in [6, 6.07) is 6.55. The van der Waals surface area contributed by atoms with Crippen LogP contribution in [-0.2, 0) is 11.8 Å². The highest BCUT2D eigenvalue weighted by molar-refractivity contribution is 5.76. The molecule has 0 radical (unpaired) electrons. The summed E-state index contributed by atoms with van der Waals surface area (Å²) >= 11 is 0. The van der Waals surface area contributed by atoms with E-state index in [1.165, 1.54) is 23.9 Å². The van der Waals surface area contributed by atoms with Crippen LogP contribution in [0.3, 0.4) is 0 Å². The molecule has 0 saturated heterocycles. The average molecular weight is 230 g/mol. The van der Waals surface area contributed by atoms with E-state index in [1.807, 2.05) is 0 Å². The number of unbranched alkanes of at least 4 members (excludes halogenated alkanes) is 1. The summed E-state index contributed by atoms with van der Waals surface area (Å²) in [6.45, 7) is 8.92. The summed E-state index contributed by atoms with van der Waals surface area (Å²) in [5.74, 6) is 1.12. The van der Waals surface area contributed by atoms with Crippen LogP contribution in [0.5, 0.6) is 0 Å². The maximum atomic E-state index is 4.62. The lowest BCUT2D eigenvalue weighted by molar-refractivity contribution is 0.591. The zero-order valence-corrected chi connectivity index (χ0v) is 11.3. The Kier molecular flexibility index (Phi) is 3.23. The molecular weight excluding hydrogens is 208 g/mol. The van der Waals surface area contributed by atoms with Gasteiger partial charge in [-0.3, -0.25) is 0 Å². The lowest BCUT2D eigenvalue weighted by Crippen LogP contribution is -2.10. The molecule has 0 aliphatic rings. The number of nitrogens with zero attached hydrogens (tertiary/aromatic N) is 1. The molecule has 92 valence electrons. The van der Waals surface area contributed by atoms with Gasteiger partial charge >= 0.3 is 0 Å². The van der Waals surface area contributed by atoms with Gasteiger partial charge in [-0.1, -0.05) is 40.2 Å². The molecule has 2 nitrogen and oxygen atoms in total. The van der Waals surface area contributed by atoms with Crippen LogP contribution in [0.15, 0.2) is 18.2 Å². The minimum absolute atomic E-state index is 0.197. The molecule has 0 fully saturated rings. The molecule has 0 aliphatic carbocycles.